The van der Waals surface area contributed by atoms with Crippen molar-refractivity contribution in [1.82, 2.24) is 5.32 Å². The van der Waals surface area contributed by atoms with E-state index < -0.39 is 0 Å². The summed E-state index contributed by atoms with van der Waals surface area (Å²) >= 11 is 0. The highest BCUT2D eigenvalue weighted by Gasteiger charge is 2.27. The van der Waals surface area contributed by atoms with Crippen LogP contribution in [0.25, 0.3) is 0 Å². The molecule has 94 valence electrons. The Morgan fingerprint density at radius 2 is 2.12 bits per heavy atom. The van der Waals surface area contributed by atoms with Gasteiger partial charge in [-0.1, -0.05) is 24.3 Å². The van der Waals surface area contributed by atoms with E-state index in [1.54, 1.807) is 0 Å². The summed E-state index contributed by atoms with van der Waals surface area (Å²) in [4.78, 5) is 0. The van der Waals surface area contributed by atoms with Gasteiger partial charge in [0.2, 0.25) is 0 Å². The molecule has 1 atom stereocenters. The number of nitrogens with one attached hydrogen (secondary N) is 1. The lowest BCUT2D eigenvalue weighted by Gasteiger charge is -2.20. The van der Waals surface area contributed by atoms with Crippen LogP contribution in [0.5, 0.6) is 0 Å². The normalized spacial score (nSPS) is 17.1. The van der Waals surface area contributed by atoms with Gasteiger partial charge in [0.15, 0.2) is 0 Å². The number of rotatable bonds is 7. The summed E-state index contributed by atoms with van der Waals surface area (Å²) in [5.41, 5.74) is 8.65. The van der Waals surface area contributed by atoms with Crippen molar-refractivity contribution in [2.24, 2.45) is 5.73 Å². The molecule has 0 saturated heterocycles. The second kappa shape index (κ2) is 6.15. The number of hydrogen-bond donors (Lipinski definition) is 3. The molecule has 0 heterocycles. The third-order valence-electron chi connectivity index (χ3n) is 3.35. The zero-order valence-electron chi connectivity index (χ0n) is 10.2. The van der Waals surface area contributed by atoms with Gasteiger partial charge < -0.3 is 16.2 Å². The van der Waals surface area contributed by atoms with E-state index in [1.807, 2.05) is 0 Å². The van der Waals surface area contributed by atoms with Crippen LogP contribution < -0.4 is 11.1 Å². The minimum absolute atomic E-state index is 0.221. The van der Waals surface area contributed by atoms with Crippen LogP contribution in [0.15, 0.2) is 24.3 Å². The van der Waals surface area contributed by atoms with Gasteiger partial charge in [-0.15, -0.1) is 0 Å². The highest BCUT2D eigenvalue weighted by molar-refractivity contribution is 5.35. The lowest BCUT2D eigenvalue weighted by Crippen LogP contribution is -2.30. The average molecular weight is 234 g/mol. The summed E-state index contributed by atoms with van der Waals surface area (Å²) in [6.07, 6.45) is 3.40. The largest absolute Gasteiger partial charge is 0.396 e. The molecule has 3 heteroatoms. The number of aliphatic hydroxyl groups is 1. The first-order valence-electron chi connectivity index (χ1n) is 6.50. The predicted molar refractivity (Wildman–Crippen MR) is 69.9 cm³/mol. The molecule has 1 unspecified atom stereocenters. The minimum atomic E-state index is 0.221. The van der Waals surface area contributed by atoms with Crippen molar-refractivity contribution in [1.29, 1.82) is 0 Å². The summed E-state index contributed by atoms with van der Waals surface area (Å²) in [7, 11) is 0. The number of aliphatic hydroxyl groups excluding tert-OH is 1. The Bertz CT molecular complexity index is 350. The molecule has 1 fully saturated rings. The van der Waals surface area contributed by atoms with Crippen LogP contribution in [0.4, 0.5) is 0 Å². The molecule has 0 aliphatic heterocycles. The van der Waals surface area contributed by atoms with E-state index in [4.69, 9.17) is 10.8 Å². The van der Waals surface area contributed by atoms with Crippen molar-refractivity contribution in [3.05, 3.63) is 35.4 Å². The van der Waals surface area contributed by atoms with E-state index in [-0.39, 0.29) is 12.6 Å². The number of hydrogen-bond acceptors (Lipinski definition) is 3. The molecule has 1 aromatic rings. The smallest absolute Gasteiger partial charge is 0.0447 e. The fraction of sp³-hybridized carbons (Fsp3) is 0.571. The topological polar surface area (TPSA) is 58.3 Å². The monoisotopic (exact) mass is 234 g/mol. The maximum Gasteiger partial charge on any atom is 0.0447 e. The molecule has 1 aromatic carbocycles. The Hall–Kier alpha value is -0.900. The summed E-state index contributed by atoms with van der Waals surface area (Å²) in [6, 6.07) is 8.81. The molecular weight excluding hydrogens is 212 g/mol. The van der Waals surface area contributed by atoms with Crippen molar-refractivity contribution in [3.63, 3.8) is 0 Å². The first kappa shape index (κ1) is 12.6. The Labute approximate surface area is 103 Å². The van der Waals surface area contributed by atoms with E-state index in [9.17, 15) is 0 Å². The highest BCUT2D eigenvalue weighted by atomic mass is 16.3. The second-order valence-electron chi connectivity index (χ2n) is 4.72. The molecule has 0 radical (unpaired) electrons. The molecule has 3 nitrogen and oxygen atoms in total. The molecule has 2 rings (SSSR count). The first-order valence-corrected chi connectivity index (χ1v) is 6.50. The molecule has 1 aliphatic carbocycles. The molecule has 17 heavy (non-hydrogen) atoms. The quantitative estimate of drug-likeness (QED) is 0.627. The Balaban J connectivity index is 2.06. The minimum Gasteiger partial charge on any atom is -0.396 e. The molecule has 0 bridgehead atoms. The van der Waals surface area contributed by atoms with Crippen LogP contribution in [-0.2, 0) is 0 Å². The van der Waals surface area contributed by atoms with Gasteiger partial charge in [0, 0.05) is 19.2 Å². The fourth-order valence-corrected chi connectivity index (χ4v) is 2.27. The van der Waals surface area contributed by atoms with Gasteiger partial charge in [0.1, 0.15) is 0 Å². The molecular formula is C14H22N2O. The lowest BCUT2D eigenvalue weighted by atomic mass is 9.97. The van der Waals surface area contributed by atoms with Crippen LogP contribution in [0.1, 0.15) is 42.3 Å². The van der Waals surface area contributed by atoms with Gasteiger partial charge in [0.25, 0.3) is 0 Å². The van der Waals surface area contributed by atoms with Crippen LogP contribution >= 0.6 is 0 Å². The second-order valence-corrected chi connectivity index (χ2v) is 4.72. The van der Waals surface area contributed by atoms with Crippen molar-refractivity contribution < 1.29 is 5.11 Å². The fourth-order valence-electron chi connectivity index (χ4n) is 2.27. The van der Waals surface area contributed by atoms with Gasteiger partial charge in [-0.2, -0.15) is 0 Å². The van der Waals surface area contributed by atoms with Gasteiger partial charge in [0.05, 0.1) is 0 Å². The van der Waals surface area contributed by atoms with Gasteiger partial charge in [-0.25, -0.2) is 0 Å². The summed E-state index contributed by atoms with van der Waals surface area (Å²) in [5.74, 6) is 0.750. The lowest BCUT2D eigenvalue weighted by molar-refractivity contribution is 0.283. The predicted octanol–water partition coefficient (Wildman–Crippen LogP) is 1.54. The third-order valence-corrected chi connectivity index (χ3v) is 3.35. The molecule has 4 N–H and O–H groups in total. The zero-order valence-corrected chi connectivity index (χ0v) is 10.2. The van der Waals surface area contributed by atoms with Crippen LogP contribution in [0, 0.1) is 0 Å². The summed E-state index contributed by atoms with van der Waals surface area (Å²) < 4.78 is 0. The molecule has 0 amide bonds. The van der Waals surface area contributed by atoms with Gasteiger partial charge in [-0.3, -0.25) is 0 Å². The van der Waals surface area contributed by atoms with Crippen molar-refractivity contribution in [2.45, 2.75) is 31.2 Å². The zero-order chi connectivity index (χ0) is 12.1. The maximum absolute atomic E-state index is 8.80. The first-order chi connectivity index (χ1) is 8.36. The van der Waals surface area contributed by atoms with Gasteiger partial charge >= 0.3 is 0 Å². The van der Waals surface area contributed by atoms with Crippen molar-refractivity contribution >= 4 is 0 Å². The van der Waals surface area contributed by atoms with E-state index in [0.717, 1.165) is 18.9 Å². The molecule has 1 saturated carbocycles. The van der Waals surface area contributed by atoms with Crippen molar-refractivity contribution in [3.8, 4) is 0 Å². The molecule has 1 aliphatic rings. The summed E-state index contributed by atoms with van der Waals surface area (Å²) in [6.45, 7) is 1.65. The van der Waals surface area contributed by atoms with Crippen LogP contribution in [-0.4, -0.2) is 24.8 Å². The van der Waals surface area contributed by atoms with Crippen molar-refractivity contribution in [2.75, 3.05) is 19.7 Å². The third kappa shape index (κ3) is 3.28. The van der Waals surface area contributed by atoms with Gasteiger partial charge in [-0.05, 0) is 42.9 Å². The standard InChI is InChI=1S/C14H22N2O/c15-10-14(16-8-3-9-17)13-5-2-1-4-12(13)11-6-7-11/h1-2,4-5,11,14,16-17H,3,6-10,15H2. The average Bonchev–Trinajstić information content (AvgIpc) is 3.19. The SMILES string of the molecule is NCC(NCCCO)c1ccccc1C1CC1. The number of nitrogens with two attached hydrogens (primary N) is 1. The maximum atomic E-state index is 8.80. The Morgan fingerprint density at radius 3 is 2.76 bits per heavy atom. The molecule has 0 spiro atoms. The molecule has 0 aromatic heterocycles. The Kier molecular flexibility index (Phi) is 4.54. The summed E-state index contributed by atoms with van der Waals surface area (Å²) in [5, 5.41) is 12.2. The van der Waals surface area contributed by atoms with Crippen LogP contribution in [0.3, 0.4) is 0 Å². The number of benzene rings is 1. The Morgan fingerprint density at radius 1 is 1.35 bits per heavy atom. The van der Waals surface area contributed by atoms with E-state index in [1.165, 1.54) is 24.0 Å². The van der Waals surface area contributed by atoms with Crippen LogP contribution in [0.2, 0.25) is 0 Å². The highest BCUT2D eigenvalue weighted by Crippen LogP contribution is 2.42. The van der Waals surface area contributed by atoms with E-state index in [2.05, 4.69) is 29.6 Å². The van der Waals surface area contributed by atoms with E-state index >= 15 is 0 Å². The van der Waals surface area contributed by atoms with E-state index in [0.29, 0.717) is 6.54 Å².